The molecule has 18 heavy (non-hydrogen) atoms. The molecule has 0 bridgehead atoms. The van der Waals surface area contributed by atoms with Crippen molar-refractivity contribution in [2.45, 2.75) is 20.3 Å². The Bertz CT molecular complexity index is 418. The number of nitrogens with zero attached hydrogens (tertiary/aromatic N) is 1. The van der Waals surface area contributed by atoms with Crippen LogP contribution in [0.5, 0.6) is 0 Å². The first-order chi connectivity index (χ1) is 8.49. The molecule has 0 aliphatic heterocycles. The maximum Gasteiger partial charge on any atom is 0.337 e. The van der Waals surface area contributed by atoms with Crippen LogP contribution in [0.2, 0.25) is 0 Å². The lowest BCUT2D eigenvalue weighted by Crippen LogP contribution is -2.24. The zero-order valence-corrected chi connectivity index (χ0v) is 11.6. The minimum absolute atomic E-state index is 0.363. The highest BCUT2D eigenvalue weighted by atomic mass is 16.5. The minimum Gasteiger partial charge on any atom is -0.465 e. The van der Waals surface area contributed by atoms with Gasteiger partial charge in [0.05, 0.1) is 24.0 Å². The molecule has 0 amide bonds. The molecule has 0 fully saturated rings. The van der Waals surface area contributed by atoms with Crippen molar-refractivity contribution in [1.29, 1.82) is 0 Å². The van der Waals surface area contributed by atoms with Crippen molar-refractivity contribution in [3.8, 4) is 0 Å². The highest BCUT2D eigenvalue weighted by Gasteiger charge is 2.12. The van der Waals surface area contributed by atoms with Gasteiger partial charge in [0.1, 0.15) is 0 Å². The fourth-order valence-electron chi connectivity index (χ4n) is 1.84. The van der Waals surface area contributed by atoms with E-state index in [1.807, 2.05) is 13.1 Å². The van der Waals surface area contributed by atoms with Crippen molar-refractivity contribution in [3.63, 3.8) is 0 Å². The molecule has 2 N–H and O–H groups in total. The lowest BCUT2D eigenvalue weighted by atomic mass is 10.1. The quantitative estimate of drug-likeness (QED) is 0.644. The molecule has 0 saturated heterocycles. The normalized spacial score (nSPS) is 12.0. The van der Waals surface area contributed by atoms with E-state index in [-0.39, 0.29) is 5.97 Å². The molecule has 0 saturated carbocycles. The zero-order chi connectivity index (χ0) is 13.7. The van der Waals surface area contributed by atoms with Crippen LogP contribution in [0.1, 0.15) is 30.6 Å². The van der Waals surface area contributed by atoms with E-state index in [0.717, 1.165) is 18.7 Å². The maximum absolute atomic E-state index is 11.4. The maximum atomic E-state index is 11.4. The number of nitrogen functional groups attached to an aromatic ring is 1. The molecule has 0 aliphatic carbocycles. The van der Waals surface area contributed by atoms with E-state index in [4.69, 9.17) is 5.73 Å². The van der Waals surface area contributed by atoms with Crippen LogP contribution >= 0.6 is 0 Å². The number of methoxy groups -OCH3 is 1. The molecule has 1 unspecified atom stereocenters. The molecule has 4 nitrogen and oxygen atoms in total. The summed E-state index contributed by atoms with van der Waals surface area (Å²) in [6.45, 7) is 5.32. The number of hydrogen-bond acceptors (Lipinski definition) is 4. The Kier molecular flexibility index (Phi) is 5.01. The van der Waals surface area contributed by atoms with Gasteiger partial charge in [0, 0.05) is 13.6 Å². The number of nitrogens with two attached hydrogens (primary N) is 1. The second kappa shape index (κ2) is 6.28. The Morgan fingerprint density at radius 1 is 1.50 bits per heavy atom. The standard InChI is InChI=1S/C14H22N2O2/c1-5-10(2)9-16(3)13-7-6-11(8-12(13)15)14(17)18-4/h6-8,10H,5,9,15H2,1-4H3. The van der Waals surface area contributed by atoms with E-state index in [1.165, 1.54) is 7.11 Å². The summed E-state index contributed by atoms with van der Waals surface area (Å²) < 4.78 is 4.67. The van der Waals surface area contributed by atoms with Gasteiger partial charge in [-0.1, -0.05) is 20.3 Å². The fourth-order valence-corrected chi connectivity index (χ4v) is 1.84. The second-order valence-corrected chi connectivity index (χ2v) is 4.66. The summed E-state index contributed by atoms with van der Waals surface area (Å²) in [5.74, 6) is 0.243. The van der Waals surface area contributed by atoms with Crippen molar-refractivity contribution in [2.24, 2.45) is 5.92 Å². The lowest BCUT2D eigenvalue weighted by Gasteiger charge is -2.24. The van der Waals surface area contributed by atoms with Gasteiger partial charge < -0.3 is 15.4 Å². The van der Waals surface area contributed by atoms with Gasteiger partial charge in [-0.3, -0.25) is 0 Å². The van der Waals surface area contributed by atoms with Crippen LogP contribution in [0, 0.1) is 5.92 Å². The number of hydrogen-bond donors (Lipinski definition) is 1. The Balaban J connectivity index is 2.88. The van der Waals surface area contributed by atoms with Crippen LogP contribution < -0.4 is 10.6 Å². The Labute approximate surface area is 109 Å². The van der Waals surface area contributed by atoms with E-state index >= 15 is 0 Å². The van der Waals surface area contributed by atoms with Crippen molar-refractivity contribution in [3.05, 3.63) is 23.8 Å². The van der Waals surface area contributed by atoms with Crippen LogP contribution in [0.15, 0.2) is 18.2 Å². The fraction of sp³-hybridized carbons (Fsp3) is 0.500. The Hall–Kier alpha value is -1.71. The first kappa shape index (κ1) is 14.4. The molecule has 1 rings (SSSR count). The van der Waals surface area contributed by atoms with Gasteiger partial charge in [0.2, 0.25) is 0 Å². The summed E-state index contributed by atoms with van der Waals surface area (Å²) in [5, 5.41) is 0. The van der Waals surface area contributed by atoms with Gasteiger partial charge in [-0.2, -0.15) is 0 Å². The van der Waals surface area contributed by atoms with Gasteiger partial charge in [0.25, 0.3) is 0 Å². The van der Waals surface area contributed by atoms with Gasteiger partial charge in [-0.25, -0.2) is 4.79 Å². The molecule has 0 radical (unpaired) electrons. The molecule has 1 aromatic carbocycles. The summed E-state index contributed by atoms with van der Waals surface area (Å²) in [6.07, 6.45) is 1.13. The number of ether oxygens (including phenoxy) is 1. The number of anilines is 2. The molecule has 100 valence electrons. The monoisotopic (exact) mass is 250 g/mol. The van der Waals surface area contributed by atoms with E-state index in [0.29, 0.717) is 17.2 Å². The molecule has 0 aliphatic rings. The summed E-state index contributed by atoms with van der Waals surface area (Å²) >= 11 is 0. The predicted molar refractivity (Wildman–Crippen MR) is 74.9 cm³/mol. The van der Waals surface area contributed by atoms with E-state index in [9.17, 15) is 4.79 Å². The topological polar surface area (TPSA) is 55.6 Å². The molecular formula is C14H22N2O2. The van der Waals surface area contributed by atoms with Crippen molar-refractivity contribution < 1.29 is 9.53 Å². The highest BCUT2D eigenvalue weighted by molar-refractivity contribution is 5.91. The molecule has 0 heterocycles. The van der Waals surface area contributed by atoms with Gasteiger partial charge in [-0.05, 0) is 24.1 Å². The molecular weight excluding hydrogens is 228 g/mol. The van der Waals surface area contributed by atoms with Crippen LogP contribution in [-0.4, -0.2) is 26.7 Å². The number of carbonyl (C=O) groups excluding carboxylic acids is 1. The van der Waals surface area contributed by atoms with Gasteiger partial charge in [-0.15, -0.1) is 0 Å². The van der Waals surface area contributed by atoms with Crippen LogP contribution in [0.4, 0.5) is 11.4 Å². The molecule has 1 atom stereocenters. The molecule has 0 spiro atoms. The second-order valence-electron chi connectivity index (χ2n) is 4.66. The van der Waals surface area contributed by atoms with E-state index < -0.39 is 0 Å². The highest BCUT2D eigenvalue weighted by Crippen LogP contribution is 2.24. The number of rotatable bonds is 5. The van der Waals surface area contributed by atoms with Crippen molar-refractivity contribution in [2.75, 3.05) is 31.3 Å². The summed E-state index contributed by atoms with van der Waals surface area (Å²) in [7, 11) is 3.37. The summed E-state index contributed by atoms with van der Waals surface area (Å²) in [5.41, 5.74) is 8.01. The minimum atomic E-state index is -0.363. The smallest absolute Gasteiger partial charge is 0.337 e. The summed E-state index contributed by atoms with van der Waals surface area (Å²) in [6, 6.07) is 5.27. The average molecular weight is 250 g/mol. The zero-order valence-electron chi connectivity index (χ0n) is 11.6. The largest absolute Gasteiger partial charge is 0.465 e. The van der Waals surface area contributed by atoms with Crippen LogP contribution in [0.3, 0.4) is 0 Å². The first-order valence-electron chi connectivity index (χ1n) is 6.18. The predicted octanol–water partition coefficient (Wildman–Crippen LogP) is 2.54. The third-order valence-corrected chi connectivity index (χ3v) is 3.14. The molecule has 0 aromatic heterocycles. The molecule has 1 aromatic rings. The van der Waals surface area contributed by atoms with Gasteiger partial charge in [0.15, 0.2) is 0 Å². The Morgan fingerprint density at radius 2 is 2.17 bits per heavy atom. The third kappa shape index (κ3) is 3.39. The van der Waals surface area contributed by atoms with Crippen molar-refractivity contribution in [1.82, 2.24) is 0 Å². The SMILES string of the molecule is CCC(C)CN(C)c1ccc(C(=O)OC)cc1N. The van der Waals surface area contributed by atoms with Crippen molar-refractivity contribution >= 4 is 17.3 Å². The third-order valence-electron chi connectivity index (χ3n) is 3.14. The van der Waals surface area contributed by atoms with E-state index in [2.05, 4.69) is 23.5 Å². The number of benzene rings is 1. The first-order valence-corrected chi connectivity index (χ1v) is 6.18. The van der Waals surface area contributed by atoms with E-state index in [1.54, 1.807) is 12.1 Å². The molecule has 4 heteroatoms. The van der Waals surface area contributed by atoms with Crippen LogP contribution in [-0.2, 0) is 4.74 Å². The average Bonchev–Trinajstić information content (AvgIpc) is 2.37. The number of esters is 1. The summed E-state index contributed by atoms with van der Waals surface area (Å²) in [4.78, 5) is 13.5. The van der Waals surface area contributed by atoms with Gasteiger partial charge >= 0.3 is 5.97 Å². The van der Waals surface area contributed by atoms with Crippen LogP contribution in [0.25, 0.3) is 0 Å². The lowest BCUT2D eigenvalue weighted by molar-refractivity contribution is 0.0601. The number of carbonyl (C=O) groups is 1. The Morgan fingerprint density at radius 3 is 2.67 bits per heavy atom.